The highest BCUT2D eigenvalue weighted by atomic mass is 32.2. The maximum absolute atomic E-state index is 12.5. The molecule has 3 amide bonds. The van der Waals surface area contributed by atoms with Crippen molar-refractivity contribution in [2.45, 2.75) is 44.7 Å². The number of carbonyl (C=O) groups excluding carboxylic acids is 3. The summed E-state index contributed by atoms with van der Waals surface area (Å²) in [5, 5.41) is 2.83. The molecule has 23 heavy (non-hydrogen) atoms. The lowest BCUT2D eigenvalue weighted by molar-refractivity contribution is -0.141. The maximum atomic E-state index is 12.5. The molecule has 2 atom stereocenters. The van der Waals surface area contributed by atoms with E-state index in [0.29, 0.717) is 13.0 Å². The van der Waals surface area contributed by atoms with E-state index < -0.39 is 12.1 Å². The van der Waals surface area contributed by atoms with Crippen LogP contribution in [0.4, 0.5) is 0 Å². The zero-order valence-corrected chi connectivity index (χ0v) is 14.4. The molecule has 0 spiro atoms. The summed E-state index contributed by atoms with van der Waals surface area (Å²) in [5.74, 6) is 1.97. The second-order valence-corrected chi connectivity index (χ2v) is 7.86. The molecular formula is C16H25N3O3S. The molecule has 1 aliphatic carbocycles. The first-order valence-electron chi connectivity index (χ1n) is 8.55. The van der Waals surface area contributed by atoms with Gasteiger partial charge in [0.25, 0.3) is 0 Å². The number of nitrogens with one attached hydrogen (secondary N) is 1. The zero-order valence-electron chi connectivity index (χ0n) is 13.6. The largest absolute Gasteiger partial charge is 0.343 e. The van der Waals surface area contributed by atoms with Crippen molar-refractivity contribution in [2.75, 3.05) is 31.1 Å². The van der Waals surface area contributed by atoms with Gasteiger partial charge in [-0.1, -0.05) is 0 Å². The lowest BCUT2D eigenvalue weighted by Crippen LogP contribution is -2.54. The Kier molecular flexibility index (Phi) is 5.14. The van der Waals surface area contributed by atoms with Gasteiger partial charge in [0.15, 0.2) is 0 Å². The third kappa shape index (κ3) is 3.82. The number of amides is 3. The van der Waals surface area contributed by atoms with E-state index >= 15 is 0 Å². The summed E-state index contributed by atoms with van der Waals surface area (Å²) in [4.78, 5) is 40.7. The Morgan fingerprint density at radius 1 is 1.09 bits per heavy atom. The van der Waals surface area contributed by atoms with Crippen LogP contribution in [-0.2, 0) is 14.4 Å². The van der Waals surface area contributed by atoms with Gasteiger partial charge in [-0.15, -0.1) is 0 Å². The number of likely N-dealkylation sites (tertiary alicyclic amines) is 1. The standard InChI is InChI=1S/C16H25N3O3S/c1-11(15(21)18-7-9-23-10-8-18)17-14(20)13-3-2-6-19(13)16(22)12-4-5-12/h11-13H,2-10H2,1H3,(H,17,20)/t11-,13+/m1/s1. The average molecular weight is 339 g/mol. The second kappa shape index (κ2) is 7.11. The Labute approximate surface area is 141 Å². The smallest absolute Gasteiger partial charge is 0.244 e. The summed E-state index contributed by atoms with van der Waals surface area (Å²) in [7, 11) is 0. The van der Waals surface area contributed by atoms with E-state index in [-0.39, 0.29) is 23.6 Å². The molecule has 1 saturated carbocycles. The first kappa shape index (κ1) is 16.6. The topological polar surface area (TPSA) is 69.7 Å². The summed E-state index contributed by atoms with van der Waals surface area (Å²) < 4.78 is 0. The van der Waals surface area contributed by atoms with Crippen LogP contribution < -0.4 is 5.32 Å². The molecule has 0 aromatic rings. The van der Waals surface area contributed by atoms with Gasteiger partial charge in [0.1, 0.15) is 12.1 Å². The lowest BCUT2D eigenvalue weighted by atomic mass is 10.1. The van der Waals surface area contributed by atoms with Crippen LogP contribution in [0.25, 0.3) is 0 Å². The van der Waals surface area contributed by atoms with Crippen LogP contribution in [0.2, 0.25) is 0 Å². The summed E-state index contributed by atoms with van der Waals surface area (Å²) in [6, 6.07) is -0.917. The number of rotatable bonds is 4. The second-order valence-electron chi connectivity index (χ2n) is 6.63. The minimum absolute atomic E-state index is 0.0169. The normalized spacial score (nSPS) is 26.0. The number of carbonyl (C=O) groups is 3. The van der Waals surface area contributed by atoms with Crippen molar-refractivity contribution in [3.63, 3.8) is 0 Å². The molecule has 1 N–H and O–H groups in total. The Morgan fingerprint density at radius 2 is 1.78 bits per heavy atom. The Hall–Kier alpha value is -1.24. The van der Waals surface area contributed by atoms with Gasteiger partial charge in [0.2, 0.25) is 17.7 Å². The predicted molar refractivity (Wildman–Crippen MR) is 89.0 cm³/mol. The molecule has 2 saturated heterocycles. The fraction of sp³-hybridized carbons (Fsp3) is 0.812. The van der Waals surface area contributed by atoms with E-state index in [1.165, 1.54) is 0 Å². The first-order valence-corrected chi connectivity index (χ1v) is 9.71. The Balaban J connectivity index is 1.54. The molecule has 0 radical (unpaired) electrons. The van der Waals surface area contributed by atoms with Crippen molar-refractivity contribution in [1.82, 2.24) is 15.1 Å². The van der Waals surface area contributed by atoms with Gasteiger partial charge in [0, 0.05) is 37.1 Å². The van der Waals surface area contributed by atoms with Crippen molar-refractivity contribution in [3.05, 3.63) is 0 Å². The summed E-state index contributed by atoms with van der Waals surface area (Å²) in [6.45, 7) is 3.90. The molecule has 0 aromatic carbocycles. The van der Waals surface area contributed by atoms with Gasteiger partial charge in [0.05, 0.1) is 0 Å². The van der Waals surface area contributed by atoms with Gasteiger partial charge in [-0.3, -0.25) is 14.4 Å². The number of nitrogens with zero attached hydrogens (tertiary/aromatic N) is 2. The van der Waals surface area contributed by atoms with Crippen LogP contribution in [0.15, 0.2) is 0 Å². The van der Waals surface area contributed by atoms with Crippen molar-refractivity contribution in [2.24, 2.45) is 5.92 Å². The highest BCUT2D eigenvalue weighted by Crippen LogP contribution is 2.33. The molecule has 3 fully saturated rings. The van der Waals surface area contributed by atoms with Gasteiger partial charge < -0.3 is 15.1 Å². The third-order valence-electron chi connectivity index (χ3n) is 4.82. The van der Waals surface area contributed by atoms with E-state index in [1.54, 1.807) is 11.8 Å². The Morgan fingerprint density at radius 3 is 2.43 bits per heavy atom. The van der Waals surface area contributed by atoms with Crippen molar-refractivity contribution >= 4 is 29.5 Å². The zero-order chi connectivity index (χ0) is 16.4. The highest BCUT2D eigenvalue weighted by Gasteiger charge is 2.41. The summed E-state index contributed by atoms with van der Waals surface area (Å²) >= 11 is 1.85. The van der Waals surface area contributed by atoms with E-state index in [1.807, 2.05) is 16.7 Å². The number of hydrogen-bond donors (Lipinski definition) is 1. The quantitative estimate of drug-likeness (QED) is 0.808. The molecule has 7 heteroatoms. The highest BCUT2D eigenvalue weighted by molar-refractivity contribution is 7.99. The van der Waals surface area contributed by atoms with Crippen molar-refractivity contribution < 1.29 is 14.4 Å². The molecule has 2 aliphatic heterocycles. The lowest BCUT2D eigenvalue weighted by Gasteiger charge is -2.30. The molecule has 0 aromatic heterocycles. The van der Waals surface area contributed by atoms with Gasteiger partial charge in [-0.05, 0) is 32.6 Å². The predicted octanol–water partition coefficient (Wildman–Crippen LogP) is 0.468. The van der Waals surface area contributed by atoms with E-state index in [4.69, 9.17) is 0 Å². The third-order valence-corrected chi connectivity index (χ3v) is 5.76. The molecular weight excluding hydrogens is 314 g/mol. The first-order chi connectivity index (χ1) is 11.1. The van der Waals surface area contributed by atoms with E-state index in [2.05, 4.69) is 5.32 Å². The molecule has 2 heterocycles. The van der Waals surface area contributed by atoms with Crippen LogP contribution in [0.1, 0.15) is 32.6 Å². The van der Waals surface area contributed by atoms with E-state index in [0.717, 1.165) is 43.9 Å². The fourth-order valence-electron chi connectivity index (χ4n) is 3.30. The summed E-state index contributed by atoms with van der Waals surface area (Å²) in [5.41, 5.74) is 0. The number of hydrogen-bond acceptors (Lipinski definition) is 4. The van der Waals surface area contributed by atoms with Crippen LogP contribution in [-0.4, -0.2) is 70.7 Å². The van der Waals surface area contributed by atoms with Gasteiger partial charge >= 0.3 is 0 Å². The Bertz CT molecular complexity index is 489. The maximum Gasteiger partial charge on any atom is 0.244 e. The minimum Gasteiger partial charge on any atom is -0.343 e. The molecule has 3 aliphatic rings. The minimum atomic E-state index is -0.524. The van der Waals surface area contributed by atoms with Gasteiger partial charge in [-0.25, -0.2) is 0 Å². The monoisotopic (exact) mass is 339 g/mol. The van der Waals surface area contributed by atoms with Crippen LogP contribution >= 0.6 is 11.8 Å². The average Bonchev–Trinajstić information content (AvgIpc) is 3.30. The molecule has 3 rings (SSSR count). The molecule has 128 valence electrons. The molecule has 0 bridgehead atoms. The van der Waals surface area contributed by atoms with Crippen molar-refractivity contribution in [3.8, 4) is 0 Å². The van der Waals surface area contributed by atoms with Crippen LogP contribution in [0.3, 0.4) is 0 Å². The van der Waals surface area contributed by atoms with Gasteiger partial charge in [-0.2, -0.15) is 11.8 Å². The summed E-state index contributed by atoms with van der Waals surface area (Å²) in [6.07, 6.45) is 3.46. The SMILES string of the molecule is C[C@@H](NC(=O)[C@@H]1CCCN1C(=O)C1CC1)C(=O)N1CCSCC1. The fourth-order valence-corrected chi connectivity index (χ4v) is 4.20. The number of thioether (sulfide) groups is 1. The van der Waals surface area contributed by atoms with Crippen molar-refractivity contribution in [1.29, 1.82) is 0 Å². The van der Waals surface area contributed by atoms with E-state index in [9.17, 15) is 14.4 Å². The molecule has 0 unspecified atom stereocenters. The van der Waals surface area contributed by atoms with Crippen LogP contribution in [0.5, 0.6) is 0 Å². The molecule has 6 nitrogen and oxygen atoms in total. The van der Waals surface area contributed by atoms with Crippen LogP contribution in [0, 0.1) is 5.92 Å².